The van der Waals surface area contributed by atoms with Crippen molar-refractivity contribution in [3.63, 3.8) is 0 Å². The van der Waals surface area contributed by atoms with Crippen molar-refractivity contribution in [3.05, 3.63) is 33.4 Å². The minimum Gasteiger partial charge on any atom is -0.465 e. The summed E-state index contributed by atoms with van der Waals surface area (Å²) < 4.78 is 4.43. The van der Waals surface area contributed by atoms with Gasteiger partial charge in [-0.25, -0.2) is 4.79 Å². The molecule has 0 saturated heterocycles. The minimum atomic E-state index is -0.828. The Hall–Kier alpha value is -2.07. The number of thiol groups is 1. The number of hydrogen-bond acceptors (Lipinski definition) is 6. The molecular formula is C9H6N2O4S. The number of nitro groups is 1. The van der Waals surface area contributed by atoms with Crippen LogP contribution in [0.1, 0.15) is 15.9 Å². The van der Waals surface area contributed by atoms with Gasteiger partial charge in [0.1, 0.15) is 11.6 Å². The van der Waals surface area contributed by atoms with Gasteiger partial charge in [-0.05, 0) is 6.07 Å². The van der Waals surface area contributed by atoms with E-state index in [2.05, 4.69) is 17.4 Å². The minimum absolute atomic E-state index is 0.161. The smallest absolute Gasteiger partial charge is 0.340 e. The molecule has 1 aromatic rings. The van der Waals surface area contributed by atoms with Crippen molar-refractivity contribution in [3.8, 4) is 6.07 Å². The first kappa shape index (κ1) is 12.0. The van der Waals surface area contributed by atoms with Crippen LogP contribution < -0.4 is 0 Å². The molecule has 0 N–H and O–H groups in total. The highest BCUT2D eigenvalue weighted by Gasteiger charge is 2.24. The number of esters is 1. The Balaban J connectivity index is 3.58. The van der Waals surface area contributed by atoms with Crippen molar-refractivity contribution in [1.29, 1.82) is 5.26 Å². The number of hydrogen-bond donors (Lipinski definition) is 1. The summed E-state index contributed by atoms with van der Waals surface area (Å²) in [7, 11) is 1.12. The number of rotatable bonds is 2. The number of benzene rings is 1. The lowest BCUT2D eigenvalue weighted by atomic mass is 10.1. The quantitative estimate of drug-likeness (QED) is 0.365. The Bertz CT molecular complexity index is 507. The number of methoxy groups -OCH3 is 1. The number of carbonyl (C=O) groups is 1. The van der Waals surface area contributed by atoms with Crippen LogP contribution in [0.3, 0.4) is 0 Å². The van der Waals surface area contributed by atoms with Crippen molar-refractivity contribution in [2.24, 2.45) is 0 Å². The molecular weight excluding hydrogens is 232 g/mol. The number of carbonyl (C=O) groups excluding carboxylic acids is 1. The molecule has 1 aromatic carbocycles. The molecule has 0 aliphatic carbocycles. The third-order valence-corrected chi connectivity index (χ3v) is 2.23. The summed E-state index contributed by atoms with van der Waals surface area (Å²) in [6, 6.07) is 4.00. The Labute approximate surface area is 96.0 Å². The van der Waals surface area contributed by atoms with Crippen molar-refractivity contribution in [2.75, 3.05) is 7.11 Å². The molecule has 82 valence electrons. The average molecular weight is 238 g/mol. The monoisotopic (exact) mass is 238 g/mol. The third-order valence-electron chi connectivity index (χ3n) is 1.86. The van der Waals surface area contributed by atoms with E-state index in [0.717, 1.165) is 13.2 Å². The van der Waals surface area contributed by atoms with Gasteiger partial charge in [-0.2, -0.15) is 5.26 Å². The zero-order valence-electron chi connectivity index (χ0n) is 8.13. The summed E-state index contributed by atoms with van der Waals surface area (Å²) in [6.45, 7) is 0. The molecule has 0 fully saturated rings. The Morgan fingerprint density at radius 1 is 1.62 bits per heavy atom. The molecule has 0 heterocycles. The molecule has 0 saturated carbocycles. The van der Waals surface area contributed by atoms with E-state index < -0.39 is 16.6 Å². The molecule has 0 aromatic heterocycles. The van der Waals surface area contributed by atoms with E-state index in [4.69, 9.17) is 5.26 Å². The van der Waals surface area contributed by atoms with Crippen molar-refractivity contribution in [1.82, 2.24) is 0 Å². The normalized spacial score (nSPS) is 9.31. The second-order valence-electron chi connectivity index (χ2n) is 2.71. The fourth-order valence-electron chi connectivity index (χ4n) is 1.15. The Morgan fingerprint density at radius 3 is 2.69 bits per heavy atom. The lowest BCUT2D eigenvalue weighted by Gasteiger charge is -2.05. The first-order valence-corrected chi connectivity index (χ1v) is 4.46. The Morgan fingerprint density at radius 2 is 2.25 bits per heavy atom. The molecule has 0 bridgehead atoms. The van der Waals surface area contributed by atoms with E-state index >= 15 is 0 Å². The fraction of sp³-hybridized carbons (Fsp3) is 0.111. The van der Waals surface area contributed by atoms with Gasteiger partial charge < -0.3 is 4.74 Å². The number of nitrogens with zero attached hydrogens (tertiary/aromatic N) is 2. The number of nitro benzene ring substituents is 1. The number of nitriles is 1. The maximum Gasteiger partial charge on any atom is 0.340 e. The first-order chi connectivity index (χ1) is 7.52. The highest BCUT2D eigenvalue weighted by Crippen LogP contribution is 2.27. The molecule has 6 nitrogen and oxygen atoms in total. The second kappa shape index (κ2) is 4.63. The molecule has 0 aliphatic heterocycles. The van der Waals surface area contributed by atoms with E-state index in [-0.39, 0.29) is 16.0 Å². The van der Waals surface area contributed by atoms with Crippen LogP contribution in [0.15, 0.2) is 17.0 Å². The molecule has 0 atom stereocenters. The van der Waals surface area contributed by atoms with Gasteiger partial charge in [0, 0.05) is 11.0 Å². The topological polar surface area (TPSA) is 93.2 Å². The van der Waals surface area contributed by atoms with Crippen LogP contribution in [0.4, 0.5) is 5.69 Å². The number of ether oxygens (including phenoxy) is 1. The van der Waals surface area contributed by atoms with Gasteiger partial charge in [0.2, 0.25) is 0 Å². The van der Waals surface area contributed by atoms with Crippen LogP contribution in [0.2, 0.25) is 0 Å². The summed E-state index contributed by atoms with van der Waals surface area (Å²) in [5, 5.41) is 19.5. The standard InChI is InChI=1S/C9H6N2O4S/c1-15-9(12)8-5(4-10)6(11(13)14)2-3-7(8)16/h2-3,16H,1H3. The van der Waals surface area contributed by atoms with Crippen LogP contribution in [0, 0.1) is 21.4 Å². The maximum absolute atomic E-state index is 11.3. The van der Waals surface area contributed by atoms with Crippen LogP contribution in [0.5, 0.6) is 0 Å². The fourth-order valence-corrected chi connectivity index (χ4v) is 1.43. The summed E-state index contributed by atoms with van der Waals surface area (Å²) in [6.07, 6.45) is 0. The molecule has 0 unspecified atom stereocenters. The largest absolute Gasteiger partial charge is 0.465 e. The van der Waals surface area contributed by atoms with Crippen molar-refractivity contribution in [2.45, 2.75) is 4.90 Å². The zero-order valence-corrected chi connectivity index (χ0v) is 9.02. The van der Waals surface area contributed by atoms with Gasteiger partial charge in [0.15, 0.2) is 0 Å². The van der Waals surface area contributed by atoms with E-state index in [9.17, 15) is 14.9 Å². The maximum atomic E-state index is 11.3. The van der Waals surface area contributed by atoms with Gasteiger partial charge in [0.25, 0.3) is 5.69 Å². The predicted octanol–water partition coefficient (Wildman–Crippen LogP) is 1.54. The molecule has 16 heavy (non-hydrogen) atoms. The lowest BCUT2D eigenvalue weighted by molar-refractivity contribution is -0.385. The first-order valence-electron chi connectivity index (χ1n) is 4.01. The molecule has 0 radical (unpaired) electrons. The molecule has 0 spiro atoms. The van der Waals surface area contributed by atoms with Crippen LogP contribution >= 0.6 is 12.6 Å². The van der Waals surface area contributed by atoms with Crippen molar-refractivity contribution >= 4 is 24.3 Å². The summed E-state index contributed by atoms with van der Waals surface area (Å²) in [5.41, 5.74) is -0.979. The summed E-state index contributed by atoms with van der Waals surface area (Å²) in [5.74, 6) is -0.828. The van der Waals surface area contributed by atoms with E-state index in [1.807, 2.05) is 0 Å². The highest BCUT2D eigenvalue weighted by atomic mass is 32.1. The van der Waals surface area contributed by atoms with Gasteiger partial charge in [-0.3, -0.25) is 10.1 Å². The second-order valence-corrected chi connectivity index (χ2v) is 3.20. The molecule has 7 heteroatoms. The van der Waals surface area contributed by atoms with Gasteiger partial charge in [-0.1, -0.05) is 0 Å². The van der Waals surface area contributed by atoms with Crippen LogP contribution in [0.25, 0.3) is 0 Å². The van der Waals surface area contributed by atoms with Crippen LogP contribution in [-0.2, 0) is 4.74 Å². The van der Waals surface area contributed by atoms with Gasteiger partial charge in [0.05, 0.1) is 17.6 Å². The third kappa shape index (κ3) is 1.97. The molecule has 0 amide bonds. The SMILES string of the molecule is COC(=O)c1c(S)ccc([N+](=O)[O-])c1C#N. The lowest BCUT2D eigenvalue weighted by Crippen LogP contribution is -2.07. The predicted molar refractivity (Wildman–Crippen MR) is 56.4 cm³/mol. The van der Waals surface area contributed by atoms with E-state index in [0.29, 0.717) is 0 Å². The Kier molecular flexibility index (Phi) is 3.48. The van der Waals surface area contributed by atoms with E-state index in [1.165, 1.54) is 6.07 Å². The molecule has 0 aliphatic rings. The van der Waals surface area contributed by atoms with Crippen LogP contribution in [-0.4, -0.2) is 18.0 Å². The summed E-state index contributed by atoms with van der Waals surface area (Å²) >= 11 is 3.96. The van der Waals surface area contributed by atoms with Gasteiger partial charge in [-0.15, -0.1) is 12.6 Å². The molecule has 1 rings (SSSR count). The highest BCUT2D eigenvalue weighted by molar-refractivity contribution is 7.80. The zero-order chi connectivity index (χ0) is 12.3. The summed E-state index contributed by atoms with van der Waals surface area (Å²) in [4.78, 5) is 21.4. The van der Waals surface area contributed by atoms with E-state index in [1.54, 1.807) is 6.07 Å². The van der Waals surface area contributed by atoms with Gasteiger partial charge >= 0.3 is 5.97 Å². The average Bonchev–Trinajstić information content (AvgIpc) is 2.26. The van der Waals surface area contributed by atoms with Crippen molar-refractivity contribution < 1.29 is 14.5 Å².